The highest BCUT2D eigenvalue weighted by Gasteiger charge is 2.33. The average Bonchev–Trinajstić information content (AvgIpc) is 2.90. The van der Waals surface area contributed by atoms with Crippen molar-refractivity contribution < 1.29 is 14.3 Å². The zero-order valence-corrected chi connectivity index (χ0v) is 13.1. The molecule has 1 aromatic heterocycles. The molecule has 0 saturated heterocycles. The van der Waals surface area contributed by atoms with Gasteiger partial charge in [-0.3, -0.25) is 4.79 Å². The Hall–Kier alpha value is -2.41. The first-order chi connectivity index (χ1) is 11.5. The summed E-state index contributed by atoms with van der Waals surface area (Å²) >= 11 is 0. The highest BCUT2D eigenvalue weighted by molar-refractivity contribution is 5.89. The lowest BCUT2D eigenvalue weighted by Crippen LogP contribution is -2.30. The van der Waals surface area contributed by atoms with Crippen molar-refractivity contribution in [2.75, 3.05) is 17.6 Å². The SMILES string of the molecule is Nc1nn(C(=O)[C@@H]2CCNc3ccc(F)cc32)c2c1C[C@@H](O)CC2. The lowest BCUT2D eigenvalue weighted by Gasteiger charge is -2.26. The van der Waals surface area contributed by atoms with Gasteiger partial charge in [-0.05, 0) is 43.0 Å². The number of hydrogen-bond acceptors (Lipinski definition) is 5. The van der Waals surface area contributed by atoms with E-state index in [1.807, 2.05) is 0 Å². The molecule has 2 atom stereocenters. The summed E-state index contributed by atoms with van der Waals surface area (Å²) < 4.78 is 15.0. The van der Waals surface area contributed by atoms with E-state index in [4.69, 9.17) is 5.73 Å². The van der Waals surface area contributed by atoms with Crippen LogP contribution in [0.1, 0.15) is 40.4 Å². The summed E-state index contributed by atoms with van der Waals surface area (Å²) in [4.78, 5) is 13.1. The number of fused-ring (bicyclic) bond motifs is 2. The molecule has 0 spiro atoms. The number of benzene rings is 1. The van der Waals surface area contributed by atoms with Crippen LogP contribution in [0.4, 0.5) is 15.9 Å². The second-order valence-electron chi connectivity index (χ2n) is 6.46. The van der Waals surface area contributed by atoms with Crippen LogP contribution in [0.15, 0.2) is 18.2 Å². The van der Waals surface area contributed by atoms with E-state index in [2.05, 4.69) is 10.4 Å². The predicted molar refractivity (Wildman–Crippen MR) is 87.5 cm³/mol. The second-order valence-corrected chi connectivity index (χ2v) is 6.46. The third-order valence-corrected chi connectivity index (χ3v) is 4.92. The maximum atomic E-state index is 13.6. The quantitative estimate of drug-likeness (QED) is 0.740. The molecule has 126 valence electrons. The zero-order chi connectivity index (χ0) is 16.8. The first kappa shape index (κ1) is 15.1. The van der Waals surface area contributed by atoms with E-state index < -0.39 is 12.0 Å². The van der Waals surface area contributed by atoms with Crippen molar-refractivity contribution in [3.05, 3.63) is 40.8 Å². The van der Waals surface area contributed by atoms with E-state index in [1.54, 1.807) is 6.07 Å². The average molecular weight is 330 g/mol. The highest BCUT2D eigenvalue weighted by Crippen LogP contribution is 2.35. The highest BCUT2D eigenvalue weighted by atomic mass is 19.1. The molecule has 4 N–H and O–H groups in total. The van der Waals surface area contributed by atoms with Crippen molar-refractivity contribution in [3.8, 4) is 0 Å². The third-order valence-electron chi connectivity index (χ3n) is 4.92. The summed E-state index contributed by atoms with van der Waals surface area (Å²) in [5.41, 5.74) is 8.92. The molecule has 24 heavy (non-hydrogen) atoms. The summed E-state index contributed by atoms with van der Waals surface area (Å²) in [5, 5.41) is 17.2. The van der Waals surface area contributed by atoms with E-state index in [0.29, 0.717) is 43.6 Å². The predicted octanol–water partition coefficient (Wildman–Crippen LogP) is 1.69. The van der Waals surface area contributed by atoms with Crippen LogP contribution in [0.3, 0.4) is 0 Å². The lowest BCUT2D eigenvalue weighted by atomic mass is 9.89. The van der Waals surface area contributed by atoms with E-state index in [9.17, 15) is 14.3 Å². The molecule has 4 rings (SSSR count). The Labute approximate surface area is 138 Å². The van der Waals surface area contributed by atoms with Gasteiger partial charge in [0, 0.05) is 24.2 Å². The molecule has 1 aliphatic carbocycles. The van der Waals surface area contributed by atoms with Gasteiger partial charge < -0.3 is 16.2 Å². The minimum Gasteiger partial charge on any atom is -0.393 e. The number of hydrogen-bond donors (Lipinski definition) is 3. The summed E-state index contributed by atoms with van der Waals surface area (Å²) in [7, 11) is 0. The van der Waals surface area contributed by atoms with Crippen LogP contribution in [0.2, 0.25) is 0 Å². The Morgan fingerprint density at radius 3 is 3.08 bits per heavy atom. The molecule has 2 heterocycles. The van der Waals surface area contributed by atoms with Crippen LogP contribution in [0.25, 0.3) is 0 Å². The number of carbonyl (C=O) groups excluding carboxylic acids is 1. The van der Waals surface area contributed by atoms with Gasteiger partial charge in [-0.1, -0.05) is 0 Å². The van der Waals surface area contributed by atoms with Gasteiger partial charge in [0.15, 0.2) is 0 Å². The number of aromatic nitrogens is 2. The van der Waals surface area contributed by atoms with Crippen molar-refractivity contribution in [1.29, 1.82) is 0 Å². The number of anilines is 2. The molecule has 0 unspecified atom stereocenters. The van der Waals surface area contributed by atoms with Crippen LogP contribution in [-0.2, 0) is 12.8 Å². The fraction of sp³-hybridized carbons (Fsp3) is 0.412. The Morgan fingerprint density at radius 2 is 2.25 bits per heavy atom. The van der Waals surface area contributed by atoms with Gasteiger partial charge in [-0.25, -0.2) is 9.07 Å². The minimum atomic E-state index is -0.452. The normalized spacial score (nSPS) is 22.4. The van der Waals surface area contributed by atoms with Gasteiger partial charge in [0.05, 0.1) is 17.7 Å². The molecular weight excluding hydrogens is 311 g/mol. The molecule has 1 aliphatic heterocycles. The largest absolute Gasteiger partial charge is 0.393 e. The standard InChI is InChI=1S/C17H19FN4O2/c18-9-1-3-14-12(7-9)11(5-6-20-14)17(24)22-15-4-2-10(23)8-13(15)16(19)21-22/h1,3,7,10-11,20,23H,2,4-6,8H2,(H2,19,21)/t10-,11+/m0/s1. The van der Waals surface area contributed by atoms with Crippen LogP contribution in [0, 0.1) is 5.82 Å². The fourth-order valence-corrected chi connectivity index (χ4v) is 3.70. The van der Waals surface area contributed by atoms with Crippen LogP contribution < -0.4 is 11.1 Å². The van der Waals surface area contributed by atoms with Crippen molar-refractivity contribution in [2.45, 2.75) is 37.7 Å². The smallest absolute Gasteiger partial charge is 0.254 e. The van der Waals surface area contributed by atoms with Gasteiger partial charge in [0.25, 0.3) is 5.91 Å². The van der Waals surface area contributed by atoms with Gasteiger partial charge in [0.2, 0.25) is 0 Å². The number of aliphatic hydroxyl groups excluding tert-OH is 1. The number of rotatable bonds is 1. The fourth-order valence-electron chi connectivity index (χ4n) is 3.70. The van der Waals surface area contributed by atoms with Crippen molar-refractivity contribution in [3.63, 3.8) is 0 Å². The summed E-state index contributed by atoms with van der Waals surface area (Å²) in [6.45, 7) is 0.646. The molecule has 0 amide bonds. The molecule has 7 heteroatoms. The molecule has 0 bridgehead atoms. The number of nitrogens with one attached hydrogen (secondary N) is 1. The van der Waals surface area contributed by atoms with Gasteiger partial charge >= 0.3 is 0 Å². The van der Waals surface area contributed by atoms with E-state index in [1.165, 1.54) is 16.8 Å². The second kappa shape index (κ2) is 5.59. The van der Waals surface area contributed by atoms with Crippen LogP contribution in [-0.4, -0.2) is 33.4 Å². The maximum absolute atomic E-state index is 13.6. The topological polar surface area (TPSA) is 93.2 Å². The van der Waals surface area contributed by atoms with Crippen molar-refractivity contribution in [1.82, 2.24) is 9.78 Å². The molecular formula is C17H19FN4O2. The molecule has 1 aromatic carbocycles. The monoisotopic (exact) mass is 330 g/mol. The Morgan fingerprint density at radius 1 is 1.42 bits per heavy atom. The Bertz CT molecular complexity index is 817. The Kier molecular flexibility index (Phi) is 3.53. The number of nitrogens with zero attached hydrogens (tertiary/aromatic N) is 2. The van der Waals surface area contributed by atoms with E-state index in [-0.39, 0.29) is 11.7 Å². The molecule has 6 nitrogen and oxygen atoms in total. The molecule has 0 radical (unpaired) electrons. The Balaban J connectivity index is 1.74. The third kappa shape index (κ3) is 2.36. The molecule has 2 aliphatic rings. The van der Waals surface area contributed by atoms with E-state index in [0.717, 1.165) is 16.9 Å². The summed E-state index contributed by atoms with van der Waals surface area (Å²) in [6.07, 6.45) is 1.70. The van der Waals surface area contributed by atoms with Gasteiger partial charge in [0.1, 0.15) is 11.6 Å². The number of nitrogen functional groups attached to an aromatic ring is 1. The van der Waals surface area contributed by atoms with Crippen molar-refractivity contribution in [2.24, 2.45) is 0 Å². The first-order valence-electron chi connectivity index (χ1n) is 8.16. The number of nitrogens with two attached hydrogens (primary N) is 1. The summed E-state index contributed by atoms with van der Waals surface area (Å²) in [5.74, 6) is -0.703. The van der Waals surface area contributed by atoms with E-state index >= 15 is 0 Å². The number of halogens is 1. The minimum absolute atomic E-state index is 0.187. The van der Waals surface area contributed by atoms with Crippen LogP contribution >= 0.6 is 0 Å². The summed E-state index contributed by atoms with van der Waals surface area (Å²) in [6, 6.07) is 4.45. The van der Waals surface area contributed by atoms with Gasteiger partial charge in [-0.15, -0.1) is 5.10 Å². The molecule has 0 fully saturated rings. The van der Waals surface area contributed by atoms with Crippen molar-refractivity contribution >= 4 is 17.4 Å². The molecule has 0 saturated carbocycles. The first-order valence-corrected chi connectivity index (χ1v) is 8.16. The lowest BCUT2D eigenvalue weighted by molar-refractivity contribution is 0.0848. The number of carbonyl (C=O) groups is 1. The van der Waals surface area contributed by atoms with Crippen LogP contribution in [0.5, 0.6) is 0 Å². The van der Waals surface area contributed by atoms with Gasteiger partial charge in [-0.2, -0.15) is 0 Å². The zero-order valence-electron chi connectivity index (χ0n) is 13.1. The number of aliphatic hydroxyl groups is 1. The molecule has 2 aromatic rings. The maximum Gasteiger partial charge on any atom is 0.254 e.